The van der Waals surface area contributed by atoms with Gasteiger partial charge in [0, 0.05) is 12.6 Å². The standard InChI is InChI=1S/C13H13N3O2/c1-8(2)9-4-6-10(7-5-9)11-14-12(17)15-13(18)16(11)3/h4-7H,1H2,2-3H3,(H,15,17,18). The van der Waals surface area contributed by atoms with E-state index in [0.717, 1.165) is 11.1 Å². The predicted molar refractivity (Wildman–Crippen MR) is 70.2 cm³/mol. The number of nitrogens with one attached hydrogen (secondary N) is 1. The van der Waals surface area contributed by atoms with Gasteiger partial charge in [0.2, 0.25) is 0 Å². The van der Waals surface area contributed by atoms with E-state index in [0.29, 0.717) is 11.4 Å². The first-order valence-corrected chi connectivity index (χ1v) is 5.42. The number of H-pyrrole nitrogens is 1. The number of nitrogens with zero attached hydrogens (tertiary/aromatic N) is 2. The lowest BCUT2D eigenvalue weighted by atomic mass is 10.1. The smallest absolute Gasteiger partial charge is 0.281 e. The van der Waals surface area contributed by atoms with E-state index < -0.39 is 11.4 Å². The largest absolute Gasteiger partial charge is 0.351 e. The average Bonchev–Trinajstić information content (AvgIpc) is 2.34. The molecule has 0 saturated carbocycles. The Balaban J connectivity index is 2.59. The molecule has 0 aliphatic rings. The second-order valence-electron chi connectivity index (χ2n) is 4.09. The third-order valence-corrected chi connectivity index (χ3v) is 2.68. The fraction of sp³-hybridized carbons (Fsp3) is 0.154. The monoisotopic (exact) mass is 243 g/mol. The molecule has 0 bridgehead atoms. The van der Waals surface area contributed by atoms with Crippen LogP contribution in [0.5, 0.6) is 0 Å². The number of hydrogen-bond donors (Lipinski definition) is 1. The summed E-state index contributed by atoms with van der Waals surface area (Å²) in [5, 5.41) is 0. The Bertz CT molecular complexity index is 708. The lowest BCUT2D eigenvalue weighted by Crippen LogP contribution is -2.31. The van der Waals surface area contributed by atoms with Gasteiger partial charge < -0.3 is 0 Å². The van der Waals surface area contributed by atoms with Crippen molar-refractivity contribution >= 4 is 5.57 Å². The highest BCUT2D eigenvalue weighted by Gasteiger charge is 2.06. The second kappa shape index (κ2) is 4.44. The Kier molecular flexibility index (Phi) is 2.97. The first-order valence-electron chi connectivity index (χ1n) is 5.42. The van der Waals surface area contributed by atoms with Crippen LogP contribution in [0.15, 0.2) is 40.4 Å². The summed E-state index contributed by atoms with van der Waals surface area (Å²) < 4.78 is 1.30. The summed E-state index contributed by atoms with van der Waals surface area (Å²) >= 11 is 0. The van der Waals surface area contributed by atoms with Crippen molar-refractivity contribution in [2.45, 2.75) is 6.92 Å². The highest BCUT2D eigenvalue weighted by Crippen LogP contribution is 2.18. The summed E-state index contributed by atoms with van der Waals surface area (Å²) in [4.78, 5) is 28.6. The molecule has 0 aliphatic carbocycles. The highest BCUT2D eigenvalue weighted by atomic mass is 16.2. The molecule has 1 aromatic heterocycles. The van der Waals surface area contributed by atoms with E-state index in [1.165, 1.54) is 4.57 Å². The molecule has 0 aliphatic heterocycles. The van der Waals surface area contributed by atoms with E-state index in [9.17, 15) is 9.59 Å². The van der Waals surface area contributed by atoms with Crippen molar-refractivity contribution in [1.82, 2.24) is 14.5 Å². The summed E-state index contributed by atoms with van der Waals surface area (Å²) in [7, 11) is 1.56. The van der Waals surface area contributed by atoms with Crippen molar-refractivity contribution < 1.29 is 0 Å². The third kappa shape index (κ3) is 2.15. The lowest BCUT2D eigenvalue weighted by molar-refractivity contribution is 0.764. The zero-order valence-electron chi connectivity index (χ0n) is 10.2. The molecule has 5 heteroatoms. The minimum atomic E-state index is -0.642. The number of hydrogen-bond acceptors (Lipinski definition) is 3. The third-order valence-electron chi connectivity index (χ3n) is 2.68. The molecule has 0 amide bonds. The van der Waals surface area contributed by atoms with Crippen LogP contribution >= 0.6 is 0 Å². The molecule has 5 nitrogen and oxygen atoms in total. The molecule has 92 valence electrons. The molecule has 18 heavy (non-hydrogen) atoms. The van der Waals surface area contributed by atoms with Gasteiger partial charge in [0.05, 0.1) is 0 Å². The molecule has 0 unspecified atom stereocenters. The molecular formula is C13H13N3O2. The van der Waals surface area contributed by atoms with E-state index in [2.05, 4.69) is 16.5 Å². The first kappa shape index (κ1) is 12.0. The Morgan fingerprint density at radius 1 is 1.28 bits per heavy atom. The van der Waals surface area contributed by atoms with Gasteiger partial charge in [-0.15, -0.1) is 0 Å². The minimum absolute atomic E-state index is 0.344. The van der Waals surface area contributed by atoms with E-state index in [1.54, 1.807) is 7.05 Å². The summed E-state index contributed by atoms with van der Waals surface area (Å²) in [6.07, 6.45) is 0. The van der Waals surface area contributed by atoms with Crippen molar-refractivity contribution in [3.05, 3.63) is 57.4 Å². The SMILES string of the molecule is C=C(C)c1ccc(-c2nc(=O)[nH]c(=O)n2C)cc1. The Labute approximate surface area is 103 Å². The van der Waals surface area contributed by atoms with Gasteiger partial charge in [-0.3, -0.25) is 9.55 Å². The molecule has 2 rings (SSSR count). The normalized spacial score (nSPS) is 10.3. The number of aromatic amines is 1. The molecule has 2 aromatic rings. The van der Waals surface area contributed by atoms with Crippen LogP contribution in [0.4, 0.5) is 0 Å². The van der Waals surface area contributed by atoms with Gasteiger partial charge in [-0.25, -0.2) is 9.59 Å². The van der Waals surface area contributed by atoms with Gasteiger partial charge in [0.25, 0.3) is 0 Å². The zero-order valence-corrected chi connectivity index (χ0v) is 10.2. The Hall–Kier alpha value is -2.43. The van der Waals surface area contributed by atoms with Crippen molar-refractivity contribution in [1.29, 1.82) is 0 Å². The molecule has 0 saturated heterocycles. The fourth-order valence-electron chi connectivity index (χ4n) is 1.63. The summed E-state index contributed by atoms with van der Waals surface area (Å²) in [5.41, 5.74) is 1.56. The number of rotatable bonds is 2. The molecule has 0 spiro atoms. The maximum Gasteiger partial charge on any atom is 0.351 e. The number of allylic oxidation sites excluding steroid dienone is 1. The Morgan fingerprint density at radius 2 is 1.89 bits per heavy atom. The summed E-state index contributed by atoms with van der Waals surface area (Å²) in [6, 6.07) is 7.38. The van der Waals surface area contributed by atoms with Crippen LogP contribution < -0.4 is 11.4 Å². The highest BCUT2D eigenvalue weighted by molar-refractivity contribution is 5.65. The molecular weight excluding hydrogens is 230 g/mol. The van der Waals surface area contributed by atoms with Crippen LogP contribution in [-0.2, 0) is 7.05 Å². The molecule has 1 N–H and O–H groups in total. The van der Waals surface area contributed by atoms with Gasteiger partial charge in [0.15, 0.2) is 0 Å². The molecule has 0 fully saturated rings. The van der Waals surface area contributed by atoms with Crippen LogP contribution in [0.25, 0.3) is 17.0 Å². The van der Waals surface area contributed by atoms with Crippen LogP contribution in [0.1, 0.15) is 12.5 Å². The van der Waals surface area contributed by atoms with Crippen molar-refractivity contribution in [2.24, 2.45) is 7.05 Å². The van der Waals surface area contributed by atoms with Gasteiger partial charge in [-0.2, -0.15) is 4.98 Å². The van der Waals surface area contributed by atoms with E-state index in [4.69, 9.17) is 0 Å². The van der Waals surface area contributed by atoms with E-state index in [-0.39, 0.29) is 0 Å². The van der Waals surface area contributed by atoms with Gasteiger partial charge in [0.1, 0.15) is 5.82 Å². The molecule has 0 radical (unpaired) electrons. The number of benzene rings is 1. The fourth-order valence-corrected chi connectivity index (χ4v) is 1.63. The minimum Gasteiger partial charge on any atom is -0.281 e. The maximum absolute atomic E-state index is 11.5. The zero-order chi connectivity index (χ0) is 13.3. The van der Waals surface area contributed by atoms with Crippen molar-refractivity contribution in [2.75, 3.05) is 0 Å². The second-order valence-corrected chi connectivity index (χ2v) is 4.09. The maximum atomic E-state index is 11.5. The molecule has 0 atom stereocenters. The summed E-state index contributed by atoms with van der Waals surface area (Å²) in [5.74, 6) is 0.344. The van der Waals surface area contributed by atoms with Crippen LogP contribution in [0, 0.1) is 0 Å². The van der Waals surface area contributed by atoms with Gasteiger partial charge >= 0.3 is 11.4 Å². The van der Waals surface area contributed by atoms with Crippen molar-refractivity contribution in [3.8, 4) is 11.4 Å². The first-order chi connectivity index (χ1) is 8.49. The van der Waals surface area contributed by atoms with Gasteiger partial charge in [-0.1, -0.05) is 36.4 Å². The molecule has 1 heterocycles. The van der Waals surface area contributed by atoms with Crippen molar-refractivity contribution in [3.63, 3.8) is 0 Å². The topological polar surface area (TPSA) is 67.8 Å². The summed E-state index contributed by atoms with van der Waals surface area (Å²) in [6.45, 7) is 5.76. The van der Waals surface area contributed by atoms with Gasteiger partial charge in [-0.05, 0) is 12.5 Å². The van der Waals surface area contributed by atoms with Crippen LogP contribution in [0.2, 0.25) is 0 Å². The number of aromatic nitrogens is 3. The quantitative estimate of drug-likeness (QED) is 0.860. The predicted octanol–water partition coefficient (Wildman–Crippen LogP) is 1.17. The molecule has 1 aromatic carbocycles. The Morgan fingerprint density at radius 3 is 2.44 bits per heavy atom. The van der Waals surface area contributed by atoms with E-state index in [1.807, 2.05) is 31.2 Å². The van der Waals surface area contributed by atoms with Crippen LogP contribution in [0.3, 0.4) is 0 Å². The average molecular weight is 243 g/mol. The van der Waals surface area contributed by atoms with Crippen LogP contribution in [-0.4, -0.2) is 14.5 Å². The van der Waals surface area contributed by atoms with E-state index >= 15 is 0 Å². The lowest BCUT2D eigenvalue weighted by Gasteiger charge is -2.06.